The van der Waals surface area contributed by atoms with Crippen molar-refractivity contribution in [1.82, 2.24) is 5.32 Å². The summed E-state index contributed by atoms with van der Waals surface area (Å²) in [7, 11) is 0. The van der Waals surface area contributed by atoms with E-state index in [0.29, 0.717) is 12.5 Å². The molecule has 0 bridgehead atoms. The number of rotatable bonds is 4. The van der Waals surface area contributed by atoms with Crippen LogP contribution in [0.25, 0.3) is 0 Å². The minimum atomic E-state index is 0.240. The highest BCUT2D eigenvalue weighted by Gasteiger charge is 2.43. The van der Waals surface area contributed by atoms with E-state index >= 15 is 0 Å². The van der Waals surface area contributed by atoms with Gasteiger partial charge in [-0.25, -0.2) is 0 Å². The molecule has 0 saturated heterocycles. The normalized spacial score (nSPS) is 25.1. The lowest BCUT2D eigenvalue weighted by molar-refractivity contribution is -0.122. The van der Waals surface area contributed by atoms with E-state index in [9.17, 15) is 4.79 Å². The van der Waals surface area contributed by atoms with Gasteiger partial charge in [0.15, 0.2) is 0 Å². The molecule has 0 radical (unpaired) electrons. The van der Waals surface area contributed by atoms with Crippen LogP contribution in [-0.2, 0) is 4.79 Å². The van der Waals surface area contributed by atoms with Crippen molar-refractivity contribution in [1.29, 1.82) is 0 Å². The summed E-state index contributed by atoms with van der Waals surface area (Å²) in [5, 5.41) is 3.01. The highest BCUT2D eigenvalue weighted by molar-refractivity contribution is 7.80. The summed E-state index contributed by atoms with van der Waals surface area (Å²) in [4.78, 5) is 11.4. The number of hydrogen-bond acceptors (Lipinski definition) is 2. The number of amides is 1. The summed E-state index contributed by atoms with van der Waals surface area (Å²) in [6.45, 7) is 0. The second-order valence-corrected chi connectivity index (χ2v) is 4.49. The molecule has 0 atom stereocenters. The smallest absolute Gasteiger partial charge is 0.220 e. The van der Waals surface area contributed by atoms with Gasteiger partial charge in [-0.05, 0) is 36.9 Å². The van der Waals surface area contributed by atoms with Crippen LogP contribution in [0, 0.1) is 5.41 Å². The summed E-state index contributed by atoms with van der Waals surface area (Å²) < 4.78 is 0. The molecular weight excluding hydrogens is 170 g/mol. The van der Waals surface area contributed by atoms with Gasteiger partial charge in [0.1, 0.15) is 0 Å². The van der Waals surface area contributed by atoms with Crippen molar-refractivity contribution < 1.29 is 4.79 Å². The van der Waals surface area contributed by atoms with Crippen LogP contribution in [0.4, 0.5) is 0 Å². The fourth-order valence-electron chi connectivity index (χ4n) is 1.41. The first kappa shape index (κ1) is 8.42. The van der Waals surface area contributed by atoms with Crippen molar-refractivity contribution in [3.05, 3.63) is 0 Å². The maximum absolute atomic E-state index is 11.4. The summed E-state index contributed by atoms with van der Waals surface area (Å²) in [5.41, 5.74) is 0.280. The highest BCUT2D eigenvalue weighted by Crippen LogP contribution is 2.49. The molecule has 0 spiro atoms. The first-order chi connectivity index (χ1) is 5.74. The predicted molar refractivity (Wildman–Crippen MR) is 51.3 cm³/mol. The summed E-state index contributed by atoms with van der Waals surface area (Å²) >= 11 is 4.26. The van der Waals surface area contributed by atoms with E-state index in [0.717, 1.165) is 5.75 Å². The van der Waals surface area contributed by atoms with E-state index in [2.05, 4.69) is 17.9 Å². The summed E-state index contributed by atoms with van der Waals surface area (Å²) in [6.07, 6.45) is 5.44. The standard InChI is InChI=1S/C9H15NOS/c11-8(10-7-1-2-7)5-9(6-12)3-4-9/h7,12H,1-6H2,(H,10,11). The Morgan fingerprint density at radius 1 is 1.50 bits per heavy atom. The Balaban J connectivity index is 1.74. The van der Waals surface area contributed by atoms with E-state index in [1.807, 2.05) is 0 Å². The van der Waals surface area contributed by atoms with Gasteiger partial charge >= 0.3 is 0 Å². The van der Waals surface area contributed by atoms with Crippen LogP contribution in [0.2, 0.25) is 0 Å². The highest BCUT2D eigenvalue weighted by atomic mass is 32.1. The first-order valence-electron chi connectivity index (χ1n) is 4.64. The van der Waals surface area contributed by atoms with Crippen molar-refractivity contribution in [3.8, 4) is 0 Å². The Labute approximate surface area is 78.5 Å². The second kappa shape index (κ2) is 2.95. The van der Waals surface area contributed by atoms with Crippen LogP contribution < -0.4 is 5.32 Å². The van der Waals surface area contributed by atoms with E-state index in [1.165, 1.54) is 25.7 Å². The lowest BCUT2D eigenvalue weighted by atomic mass is 10.1. The molecule has 1 amide bonds. The zero-order valence-electron chi connectivity index (χ0n) is 7.18. The van der Waals surface area contributed by atoms with Crippen molar-refractivity contribution >= 4 is 18.5 Å². The van der Waals surface area contributed by atoms with Gasteiger partial charge in [0, 0.05) is 12.5 Å². The molecule has 2 aliphatic rings. The fraction of sp³-hybridized carbons (Fsp3) is 0.889. The SMILES string of the molecule is O=C(CC1(CS)CC1)NC1CC1. The molecule has 12 heavy (non-hydrogen) atoms. The Morgan fingerprint density at radius 3 is 2.58 bits per heavy atom. The van der Waals surface area contributed by atoms with Gasteiger partial charge in [-0.3, -0.25) is 4.79 Å². The lowest BCUT2D eigenvalue weighted by Gasteiger charge is -2.10. The van der Waals surface area contributed by atoms with E-state index in [-0.39, 0.29) is 11.3 Å². The molecular formula is C9H15NOS. The van der Waals surface area contributed by atoms with Gasteiger partial charge in [0.25, 0.3) is 0 Å². The van der Waals surface area contributed by atoms with Crippen molar-refractivity contribution in [2.45, 2.75) is 38.1 Å². The monoisotopic (exact) mass is 185 g/mol. The molecule has 1 N–H and O–H groups in total. The molecule has 0 aromatic heterocycles. The van der Waals surface area contributed by atoms with Crippen LogP contribution in [0.1, 0.15) is 32.1 Å². The Morgan fingerprint density at radius 2 is 2.17 bits per heavy atom. The number of carbonyl (C=O) groups is 1. The average Bonchev–Trinajstić information content (AvgIpc) is 2.86. The van der Waals surface area contributed by atoms with Crippen molar-refractivity contribution in [3.63, 3.8) is 0 Å². The average molecular weight is 185 g/mol. The number of thiol groups is 1. The third kappa shape index (κ3) is 1.94. The number of nitrogens with one attached hydrogen (secondary N) is 1. The van der Waals surface area contributed by atoms with Crippen LogP contribution in [-0.4, -0.2) is 17.7 Å². The molecule has 68 valence electrons. The van der Waals surface area contributed by atoms with Gasteiger partial charge in [-0.2, -0.15) is 12.6 Å². The molecule has 2 nitrogen and oxygen atoms in total. The van der Waals surface area contributed by atoms with Crippen LogP contribution in [0.5, 0.6) is 0 Å². The molecule has 2 aliphatic carbocycles. The topological polar surface area (TPSA) is 29.1 Å². The summed E-state index contributed by atoms with van der Waals surface area (Å²) in [6, 6.07) is 0.508. The molecule has 0 aliphatic heterocycles. The van der Waals surface area contributed by atoms with Crippen LogP contribution in [0.3, 0.4) is 0 Å². The zero-order valence-corrected chi connectivity index (χ0v) is 8.07. The van der Waals surface area contributed by atoms with Crippen LogP contribution in [0.15, 0.2) is 0 Å². The molecule has 0 aromatic carbocycles. The minimum absolute atomic E-state index is 0.240. The van der Waals surface area contributed by atoms with Gasteiger partial charge in [0.2, 0.25) is 5.91 Å². The molecule has 2 fully saturated rings. The van der Waals surface area contributed by atoms with E-state index in [1.54, 1.807) is 0 Å². The quantitative estimate of drug-likeness (QED) is 0.636. The van der Waals surface area contributed by atoms with E-state index < -0.39 is 0 Å². The molecule has 2 rings (SSSR count). The minimum Gasteiger partial charge on any atom is -0.353 e. The summed E-state index contributed by atoms with van der Waals surface area (Å²) in [5.74, 6) is 1.11. The molecule has 2 saturated carbocycles. The maximum atomic E-state index is 11.4. The van der Waals surface area contributed by atoms with Gasteiger partial charge in [-0.1, -0.05) is 0 Å². The van der Waals surface area contributed by atoms with Crippen molar-refractivity contribution in [2.75, 3.05) is 5.75 Å². The first-order valence-corrected chi connectivity index (χ1v) is 5.28. The molecule has 0 aromatic rings. The van der Waals surface area contributed by atoms with Crippen molar-refractivity contribution in [2.24, 2.45) is 5.41 Å². The maximum Gasteiger partial charge on any atom is 0.220 e. The third-order valence-corrected chi connectivity index (χ3v) is 3.44. The second-order valence-electron chi connectivity index (χ2n) is 4.18. The number of carbonyl (C=O) groups excluding carboxylic acids is 1. The fourth-order valence-corrected chi connectivity index (χ4v) is 1.84. The zero-order chi connectivity index (χ0) is 8.60. The van der Waals surface area contributed by atoms with Gasteiger partial charge in [0.05, 0.1) is 0 Å². The number of hydrogen-bond donors (Lipinski definition) is 2. The molecule has 0 heterocycles. The van der Waals surface area contributed by atoms with Crippen LogP contribution >= 0.6 is 12.6 Å². The Hall–Kier alpha value is -0.180. The predicted octanol–water partition coefficient (Wildman–Crippen LogP) is 1.37. The molecule has 0 unspecified atom stereocenters. The lowest BCUT2D eigenvalue weighted by Crippen LogP contribution is -2.28. The largest absolute Gasteiger partial charge is 0.353 e. The Kier molecular flexibility index (Phi) is 2.07. The Bertz CT molecular complexity index is 197. The third-order valence-electron chi connectivity index (χ3n) is 2.77. The van der Waals surface area contributed by atoms with Gasteiger partial charge in [-0.15, -0.1) is 0 Å². The van der Waals surface area contributed by atoms with Gasteiger partial charge < -0.3 is 5.32 Å². The molecule has 3 heteroatoms. The van der Waals surface area contributed by atoms with E-state index in [4.69, 9.17) is 0 Å².